The van der Waals surface area contributed by atoms with Gasteiger partial charge in [-0.05, 0) is 36.7 Å². The number of hydrogen-bond donors (Lipinski definition) is 1. The van der Waals surface area contributed by atoms with Crippen LogP contribution in [0.15, 0.2) is 18.2 Å². The predicted molar refractivity (Wildman–Crippen MR) is 50.8 cm³/mol. The molecule has 0 fully saturated rings. The summed E-state index contributed by atoms with van der Waals surface area (Å²) in [7, 11) is 1.64. The SMILES string of the molecule is COc1ccc(Cl)cc1CCN. The molecule has 0 radical (unpaired) electrons. The minimum absolute atomic E-state index is 0.608. The van der Waals surface area contributed by atoms with Gasteiger partial charge >= 0.3 is 0 Å². The third kappa shape index (κ3) is 2.13. The van der Waals surface area contributed by atoms with Gasteiger partial charge in [-0.2, -0.15) is 0 Å². The van der Waals surface area contributed by atoms with Crippen molar-refractivity contribution in [1.82, 2.24) is 0 Å². The highest BCUT2D eigenvalue weighted by Crippen LogP contribution is 2.22. The molecule has 12 heavy (non-hydrogen) atoms. The lowest BCUT2D eigenvalue weighted by Crippen LogP contribution is -2.04. The van der Waals surface area contributed by atoms with E-state index in [-0.39, 0.29) is 0 Å². The Balaban J connectivity index is 2.95. The molecule has 1 rings (SSSR count). The first-order valence-corrected chi connectivity index (χ1v) is 4.18. The van der Waals surface area contributed by atoms with E-state index in [1.54, 1.807) is 13.2 Å². The molecule has 1 aromatic rings. The number of halogens is 1. The van der Waals surface area contributed by atoms with Gasteiger partial charge in [0.1, 0.15) is 5.75 Å². The first kappa shape index (κ1) is 9.36. The number of nitrogens with two attached hydrogens (primary N) is 1. The maximum Gasteiger partial charge on any atom is 0.122 e. The monoisotopic (exact) mass is 185 g/mol. The number of rotatable bonds is 3. The topological polar surface area (TPSA) is 35.2 Å². The average molecular weight is 186 g/mol. The van der Waals surface area contributed by atoms with Gasteiger partial charge < -0.3 is 10.5 Å². The maximum atomic E-state index is 5.81. The van der Waals surface area contributed by atoms with Crippen LogP contribution >= 0.6 is 11.6 Å². The van der Waals surface area contributed by atoms with Crippen molar-refractivity contribution >= 4 is 11.6 Å². The van der Waals surface area contributed by atoms with Crippen molar-refractivity contribution in [3.8, 4) is 5.75 Å². The summed E-state index contributed by atoms with van der Waals surface area (Å²) >= 11 is 5.81. The molecule has 2 N–H and O–H groups in total. The lowest BCUT2D eigenvalue weighted by atomic mass is 10.1. The molecule has 0 heterocycles. The lowest BCUT2D eigenvalue weighted by molar-refractivity contribution is 0.410. The number of methoxy groups -OCH3 is 1. The Morgan fingerprint density at radius 1 is 1.50 bits per heavy atom. The van der Waals surface area contributed by atoms with Crippen molar-refractivity contribution in [3.63, 3.8) is 0 Å². The molecule has 0 unspecified atom stereocenters. The highest BCUT2D eigenvalue weighted by Gasteiger charge is 2.01. The van der Waals surface area contributed by atoms with Gasteiger partial charge in [0, 0.05) is 5.02 Å². The van der Waals surface area contributed by atoms with Gasteiger partial charge in [-0.1, -0.05) is 11.6 Å². The second-order valence-corrected chi connectivity index (χ2v) is 2.93. The van der Waals surface area contributed by atoms with Crippen molar-refractivity contribution < 1.29 is 4.74 Å². The Labute approximate surface area is 77.3 Å². The van der Waals surface area contributed by atoms with Gasteiger partial charge in [-0.25, -0.2) is 0 Å². The zero-order valence-electron chi connectivity index (χ0n) is 7.01. The molecule has 1 aromatic carbocycles. The average Bonchev–Trinajstić information content (AvgIpc) is 2.05. The summed E-state index contributed by atoms with van der Waals surface area (Å²) in [5, 5.41) is 0.722. The van der Waals surface area contributed by atoms with Gasteiger partial charge in [0.2, 0.25) is 0 Å². The summed E-state index contributed by atoms with van der Waals surface area (Å²) in [6.45, 7) is 0.608. The molecule has 0 bridgehead atoms. The van der Waals surface area contributed by atoms with Gasteiger partial charge in [-0.3, -0.25) is 0 Å². The molecule has 0 atom stereocenters. The number of ether oxygens (including phenoxy) is 1. The largest absolute Gasteiger partial charge is 0.496 e. The van der Waals surface area contributed by atoms with Crippen molar-refractivity contribution in [3.05, 3.63) is 28.8 Å². The van der Waals surface area contributed by atoms with Crippen LogP contribution in [0.25, 0.3) is 0 Å². The summed E-state index contributed by atoms with van der Waals surface area (Å²) in [5.41, 5.74) is 6.50. The maximum absolute atomic E-state index is 5.81. The van der Waals surface area contributed by atoms with Crippen LogP contribution in [0.1, 0.15) is 5.56 Å². The van der Waals surface area contributed by atoms with Crippen LogP contribution in [-0.4, -0.2) is 13.7 Å². The lowest BCUT2D eigenvalue weighted by Gasteiger charge is -2.06. The third-order valence-electron chi connectivity index (χ3n) is 1.66. The molecule has 66 valence electrons. The Bertz CT molecular complexity index is 263. The smallest absolute Gasteiger partial charge is 0.122 e. The van der Waals surface area contributed by atoms with E-state index in [9.17, 15) is 0 Å². The summed E-state index contributed by atoms with van der Waals surface area (Å²) in [6.07, 6.45) is 0.795. The molecule has 2 nitrogen and oxygen atoms in total. The summed E-state index contributed by atoms with van der Waals surface area (Å²) in [5.74, 6) is 0.852. The second-order valence-electron chi connectivity index (χ2n) is 2.49. The molecule has 3 heteroatoms. The predicted octanol–water partition coefficient (Wildman–Crippen LogP) is 1.85. The molecule has 0 aliphatic carbocycles. The van der Waals surface area contributed by atoms with E-state index < -0.39 is 0 Å². The fourth-order valence-electron chi connectivity index (χ4n) is 1.10. The molecule has 0 spiro atoms. The first-order valence-electron chi connectivity index (χ1n) is 3.80. The fraction of sp³-hybridized carbons (Fsp3) is 0.333. The molecular weight excluding hydrogens is 174 g/mol. The Morgan fingerprint density at radius 3 is 2.83 bits per heavy atom. The molecule has 0 aromatic heterocycles. The number of hydrogen-bond acceptors (Lipinski definition) is 2. The Hall–Kier alpha value is -0.730. The standard InChI is InChI=1S/C9H12ClNO/c1-12-9-3-2-8(10)6-7(9)4-5-11/h2-3,6H,4-5,11H2,1H3. The van der Waals surface area contributed by atoms with Crippen LogP contribution in [0.2, 0.25) is 5.02 Å². The van der Waals surface area contributed by atoms with E-state index in [0.717, 1.165) is 22.8 Å². The highest BCUT2D eigenvalue weighted by atomic mass is 35.5. The first-order chi connectivity index (χ1) is 5.77. The Morgan fingerprint density at radius 2 is 2.25 bits per heavy atom. The van der Waals surface area contributed by atoms with E-state index in [1.807, 2.05) is 12.1 Å². The zero-order chi connectivity index (χ0) is 8.97. The summed E-state index contributed by atoms with van der Waals surface area (Å²) in [6, 6.07) is 5.54. The Kier molecular flexibility index (Phi) is 3.38. The van der Waals surface area contributed by atoms with Crippen molar-refractivity contribution in [2.24, 2.45) is 5.73 Å². The van der Waals surface area contributed by atoms with E-state index >= 15 is 0 Å². The van der Waals surface area contributed by atoms with Crippen LogP contribution in [-0.2, 0) is 6.42 Å². The fourth-order valence-corrected chi connectivity index (χ4v) is 1.29. The highest BCUT2D eigenvalue weighted by molar-refractivity contribution is 6.30. The van der Waals surface area contributed by atoms with Crippen molar-refractivity contribution in [2.45, 2.75) is 6.42 Å². The van der Waals surface area contributed by atoms with Crippen LogP contribution < -0.4 is 10.5 Å². The van der Waals surface area contributed by atoms with E-state index in [2.05, 4.69) is 0 Å². The van der Waals surface area contributed by atoms with E-state index in [0.29, 0.717) is 6.54 Å². The molecule has 0 aliphatic rings. The minimum atomic E-state index is 0.608. The number of benzene rings is 1. The molecule has 0 amide bonds. The summed E-state index contributed by atoms with van der Waals surface area (Å²) in [4.78, 5) is 0. The van der Waals surface area contributed by atoms with Gasteiger partial charge in [0.25, 0.3) is 0 Å². The van der Waals surface area contributed by atoms with Gasteiger partial charge in [0.05, 0.1) is 7.11 Å². The molecule has 0 saturated heterocycles. The molecular formula is C9H12ClNO. The molecule has 0 saturated carbocycles. The molecule has 0 aliphatic heterocycles. The van der Waals surface area contributed by atoms with Gasteiger partial charge in [-0.15, -0.1) is 0 Å². The minimum Gasteiger partial charge on any atom is -0.496 e. The van der Waals surface area contributed by atoms with Gasteiger partial charge in [0.15, 0.2) is 0 Å². The summed E-state index contributed by atoms with van der Waals surface area (Å²) < 4.78 is 5.14. The van der Waals surface area contributed by atoms with E-state index in [1.165, 1.54) is 0 Å². The van der Waals surface area contributed by atoms with Crippen LogP contribution in [0.4, 0.5) is 0 Å². The second kappa shape index (κ2) is 4.33. The van der Waals surface area contributed by atoms with Crippen LogP contribution in [0.5, 0.6) is 5.75 Å². The van der Waals surface area contributed by atoms with Crippen molar-refractivity contribution in [2.75, 3.05) is 13.7 Å². The van der Waals surface area contributed by atoms with Crippen LogP contribution in [0.3, 0.4) is 0 Å². The van der Waals surface area contributed by atoms with E-state index in [4.69, 9.17) is 22.1 Å². The van der Waals surface area contributed by atoms with Crippen LogP contribution in [0, 0.1) is 0 Å². The zero-order valence-corrected chi connectivity index (χ0v) is 7.77. The quantitative estimate of drug-likeness (QED) is 0.780. The van der Waals surface area contributed by atoms with Crippen molar-refractivity contribution in [1.29, 1.82) is 0 Å². The normalized spacial score (nSPS) is 9.92. The third-order valence-corrected chi connectivity index (χ3v) is 1.89.